The summed E-state index contributed by atoms with van der Waals surface area (Å²) >= 11 is 1.33. The summed E-state index contributed by atoms with van der Waals surface area (Å²) in [6, 6.07) is 6.88. The van der Waals surface area contributed by atoms with Gasteiger partial charge in [-0.2, -0.15) is 0 Å². The molecule has 3 aromatic rings. The smallest absolute Gasteiger partial charge is 0.262 e. The third-order valence-corrected chi connectivity index (χ3v) is 5.62. The molecule has 0 spiro atoms. The third kappa shape index (κ3) is 3.29. The number of carbonyl (C=O) groups is 2. The first-order valence-corrected chi connectivity index (χ1v) is 9.53. The number of ketones is 1. The number of anilines is 1. The molecule has 0 bridgehead atoms. The number of ether oxygens (including phenoxy) is 1. The van der Waals surface area contributed by atoms with Crippen LogP contribution < -0.4 is 10.1 Å². The van der Waals surface area contributed by atoms with Crippen molar-refractivity contribution in [3.05, 3.63) is 41.9 Å². The van der Waals surface area contributed by atoms with Gasteiger partial charge in [0.05, 0.1) is 22.8 Å². The fourth-order valence-electron chi connectivity index (χ4n) is 2.95. The number of amides is 1. The maximum atomic E-state index is 12.9. The Hall–Kier alpha value is -3.07. The lowest BCUT2D eigenvalue weighted by Crippen LogP contribution is -2.25. The van der Waals surface area contributed by atoms with Gasteiger partial charge in [0.2, 0.25) is 0 Å². The van der Waals surface area contributed by atoms with Gasteiger partial charge in [0.1, 0.15) is 11.5 Å². The van der Waals surface area contributed by atoms with E-state index in [0.717, 1.165) is 11.3 Å². The minimum absolute atomic E-state index is 0.0167. The average molecular weight is 398 g/mol. The molecule has 3 heterocycles. The summed E-state index contributed by atoms with van der Waals surface area (Å²) in [5, 5.41) is 11.4. The highest BCUT2D eigenvalue weighted by Crippen LogP contribution is 2.32. The Bertz CT molecular complexity index is 1070. The molecule has 0 aliphatic carbocycles. The van der Waals surface area contributed by atoms with E-state index in [1.807, 2.05) is 31.5 Å². The standard InChI is InChI=1S/C19H18N4O4S/c1-10-13(6-7-26-10)18-21-22-19(23(18)3)28-11(2)17(25)12-4-5-15-14(8-12)20-16(24)9-27-15/h4-8,11H,9H2,1-3H3,(H,20,24). The summed E-state index contributed by atoms with van der Waals surface area (Å²) in [6.07, 6.45) is 1.61. The summed E-state index contributed by atoms with van der Waals surface area (Å²) in [5.74, 6) is 1.69. The van der Waals surface area contributed by atoms with Crippen molar-refractivity contribution in [2.24, 2.45) is 7.05 Å². The van der Waals surface area contributed by atoms with Crippen molar-refractivity contribution in [1.82, 2.24) is 14.8 Å². The molecule has 1 amide bonds. The first-order chi connectivity index (χ1) is 13.4. The molecule has 144 valence electrons. The van der Waals surface area contributed by atoms with E-state index in [1.54, 1.807) is 24.5 Å². The van der Waals surface area contributed by atoms with Gasteiger partial charge in [-0.15, -0.1) is 10.2 Å². The van der Waals surface area contributed by atoms with Crippen molar-refractivity contribution in [2.45, 2.75) is 24.3 Å². The van der Waals surface area contributed by atoms with E-state index in [9.17, 15) is 9.59 Å². The summed E-state index contributed by atoms with van der Waals surface area (Å²) in [4.78, 5) is 24.4. The van der Waals surface area contributed by atoms with Crippen LogP contribution in [0.15, 0.2) is 40.1 Å². The van der Waals surface area contributed by atoms with E-state index in [-0.39, 0.29) is 23.5 Å². The van der Waals surface area contributed by atoms with Gasteiger partial charge in [-0.05, 0) is 38.1 Å². The van der Waals surface area contributed by atoms with E-state index in [4.69, 9.17) is 9.15 Å². The molecule has 8 nitrogen and oxygen atoms in total. The molecule has 1 unspecified atom stereocenters. The second-order valence-electron chi connectivity index (χ2n) is 6.43. The molecule has 1 aliphatic rings. The number of thioether (sulfide) groups is 1. The first-order valence-electron chi connectivity index (χ1n) is 8.65. The predicted octanol–water partition coefficient (Wildman–Crippen LogP) is 3.08. The lowest BCUT2D eigenvalue weighted by atomic mass is 10.1. The summed E-state index contributed by atoms with van der Waals surface area (Å²) in [6.45, 7) is 3.66. The molecule has 1 N–H and O–H groups in total. The molecule has 0 saturated carbocycles. The van der Waals surface area contributed by atoms with Crippen molar-refractivity contribution in [3.63, 3.8) is 0 Å². The predicted molar refractivity (Wildman–Crippen MR) is 104 cm³/mol. The maximum absolute atomic E-state index is 12.9. The first kappa shape index (κ1) is 18.3. The average Bonchev–Trinajstić information content (AvgIpc) is 3.26. The van der Waals surface area contributed by atoms with Crippen LogP contribution in [0.4, 0.5) is 5.69 Å². The Morgan fingerprint density at radius 2 is 2.14 bits per heavy atom. The SMILES string of the molecule is Cc1occc1-c1nnc(SC(C)C(=O)c2ccc3c(c2)NC(=O)CO3)n1C. The van der Waals surface area contributed by atoms with E-state index in [1.165, 1.54) is 11.8 Å². The number of carbonyl (C=O) groups excluding carboxylic acids is 2. The number of rotatable bonds is 5. The topological polar surface area (TPSA) is 99.2 Å². The highest BCUT2D eigenvalue weighted by Gasteiger charge is 2.23. The highest BCUT2D eigenvalue weighted by atomic mass is 32.2. The zero-order valence-corrected chi connectivity index (χ0v) is 16.4. The van der Waals surface area contributed by atoms with Crippen LogP contribution in [0.2, 0.25) is 0 Å². The fourth-order valence-corrected chi connectivity index (χ4v) is 3.84. The number of furan rings is 1. The molecule has 1 aromatic carbocycles. The lowest BCUT2D eigenvalue weighted by molar-refractivity contribution is -0.118. The monoisotopic (exact) mass is 398 g/mol. The second-order valence-corrected chi connectivity index (χ2v) is 7.74. The van der Waals surface area contributed by atoms with Gasteiger partial charge < -0.3 is 19.0 Å². The summed E-state index contributed by atoms with van der Waals surface area (Å²) in [5.41, 5.74) is 1.87. The molecule has 0 radical (unpaired) electrons. The zero-order chi connectivity index (χ0) is 19.8. The third-order valence-electron chi connectivity index (χ3n) is 4.48. The van der Waals surface area contributed by atoms with Gasteiger partial charge in [0, 0.05) is 12.6 Å². The normalized spacial score (nSPS) is 14.2. The van der Waals surface area contributed by atoms with Crippen LogP contribution in [0.25, 0.3) is 11.4 Å². The van der Waals surface area contributed by atoms with Crippen LogP contribution in [0, 0.1) is 6.92 Å². The van der Waals surface area contributed by atoms with Gasteiger partial charge in [0.25, 0.3) is 5.91 Å². The van der Waals surface area contributed by atoms with Crippen molar-refractivity contribution >= 4 is 29.1 Å². The van der Waals surface area contributed by atoms with E-state index in [2.05, 4.69) is 15.5 Å². The van der Waals surface area contributed by atoms with E-state index in [0.29, 0.717) is 28.0 Å². The van der Waals surface area contributed by atoms with Crippen LogP contribution in [-0.2, 0) is 11.8 Å². The van der Waals surface area contributed by atoms with Crippen molar-refractivity contribution in [2.75, 3.05) is 11.9 Å². The number of hydrogen-bond acceptors (Lipinski definition) is 7. The Morgan fingerprint density at radius 1 is 1.32 bits per heavy atom. The van der Waals surface area contributed by atoms with Gasteiger partial charge in [-0.3, -0.25) is 9.59 Å². The molecule has 28 heavy (non-hydrogen) atoms. The van der Waals surface area contributed by atoms with Gasteiger partial charge in [0.15, 0.2) is 23.4 Å². The largest absolute Gasteiger partial charge is 0.482 e. The van der Waals surface area contributed by atoms with Crippen molar-refractivity contribution in [1.29, 1.82) is 0 Å². The molecule has 4 rings (SSSR count). The number of fused-ring (bicyclic) bond motifs is 1. The van der Waals surface area contributed by atoms with E-state index < -0.39 is 0 Å². The molecule has 9 heteroatoms. The number of hydrogen-bond donors (Lipinski definition) is 1. The van der Waals surface area contributed by atoms with Gasteiger partial charge >= 0.3 is 0 Å². The maximum Gasteiger partial charge on any atom is 0.262 e. The molecule has 1 aliphatic heterocycles. The van der Waals surface area contributed by atoms with Crippen LogP contribution in [0.5, 0.6) is 5.75 Å². The lowest BCUT2D eigenvalue weighted by Gasteiger charge is -2.19. The number of benzene rings is 1. The van der Waals surface area contributed by atoms with Crippen LogP contribution in [0.1, 0.15) is 23.0 Å². The number of Topliss-reactive ketones (excluding diaryl/α,β-unsaturated/α-hetero) is 1. The Morgan fingerprint density at radius 3 is 2.89 bits per heavy atom. The molecular formula is C19H18N4O4S. The Kier molecular flexibility index (Phi) is 4.68. The Labute approximate surface area is 165 Å². The number of nitrogens with one attached hydrogen (secondary N) is 1. The molecule has 2 aromatic heterocycles. The van der Waals surface area contributed by atoms with E-state index >= 15 is 0 Å². The van der Waals surface area contributed by atoms with Crippen LogP contribution >= 0.6 is 11.8 Å². The van der Waals surface area contributed by atoms with Crippen LogP contribution in [0.3, 0.4) is 0 Å². The number of aromatic nitrogens is 3. The molecule has 1 atom stereocenters. The summed E-state index contributed by atoms with van der Waals surface area (Å²) in [7, 11) is 1.85. The molecular weight excluding hydrogens is 380 g/mol. The van der Waals surface area contributed by atoms with Crippen molar-refractivity contribution < 1.29 is 18.7 Å². The molecule has 0 fully saturated rings. The highest BCUT2D eigenvalue weighted by molar-refractivity contribution is 8.00. The van der Waals surface area contributed by atoms with Crippen molar-refractivity contribution in [3.8, 4) is 17.1 Å². The van der Waals surface area contributed by atoms with Gasteiger partial charge in [-0.1, -0.05) is 11.8 Å². The quantitative estimate of drug-likeness (QED) is 0.521. The number of nitrogens with zero attached hydrogens (tertiary/aromatic N) is 3. The number of aryl methyl sites for hydroxylation is 1. The summed E-state index contributed by atoms with van der Waals surface area (Å²) < 4.78 is 12.5. The van der Waals surface area contributed by atoms with Gasteiger partial charge in [-0.25, -0.2) is 0 Å². The fraction of sp³-hybridized carbons (Fsp3) is 0.263. The Balaban J connectivity index is 1.53. The zero-order valence-electron chi connectivity index (χ0n) is 15.6. The minimum Gasteiger partial charge on any atom is -0.482 e. The second kappa shape index (κ2) is 7.16. The minimum atomic E-state index is -0.389. The van der Waals surface area contributed by atoms with Crippen LogP contribution in [-0.4, -0.2) is 38.3 Å². The molecule has 0 saturated heterocycles.